The van der Waals surface area contributed by atoms with Gasteiger partial charge < -0.3 is 4.57 Å². The van der Waals surface area contributed by atoms with Crippen LogP contribution in [-0.2, 0) is 0 Å². The van der Waals surface area contributed by atoms with Crippen LogP contribution in [0.15, 0.2) is 249 Å². The van der Waals surface area contributed by atoms with Crippen LogP contribution in [0.4, 0.5) is 0 Å². The predicted octanol–water partition coefficient (Wildman–Crippen LogP) is 17.9. The minimum atomic E-state index is 0.918. The smallest absolute Gasteiger partial charge is 0.0730 e. The summed E-state index contributed by atoms with van der Waals surface area (Å²) in [5.74, 6) is 0. The zero-order chi connectivity index (χ0) is 45.1. The van der Waals surface area contributed by atoms with Crippen molar-refractivity contribution in [2.75, 3.05) is 0 Å². The Labute approximate surface area is 395 Å². The average molecular weight is 865 g/mol. The summed E-state index contributed by atoms with van der Waals surface area (Å²) in [6, 6.07) is 90.9. The van der Waals surface area contributed by atoms with E-state index in [1.54, 1.807) is 0 Å². The Morgan fingerprint density at radius 1 is 0.250 bits per heavy atom. The maximum absolute atomic E-state index is 5.45. The largest absolute Gasteiger partial charge is 0.309 e. The summed E-state index contributed by atoms with van der Waals surface area (Å²) in [6.07, 6.45) is 0. The van der Waals surface area contributed by atoms with Crippen LogP contribution in [-0.4, -0.2) is 9.55 Å². The molecule has 0 saturated carbocycles. The lowest BCUT2D eigenvalue weighted by molar-refractivity contribution is 1.16. The molecule has 0 aliphatic heterocycles. The first-order chi connectivity index (χ1) is 33.6. The molecule has 13 rings (SSSR count). The van der Waals surface area contributed by atoms with Gasteiger partial charge in [-0.2, -0.15) is 0 Å². The van der Waals surface area contributed by atoms with Gasteiger partial charge in [0.1, 0.15) is 0 Å². The van der Waals surface area contributed by atoms with Gasteiger partial charge in [0.2, 0.25) is 0 Å². The number of pyridine rings is 1. The van der Waals surface area contributed by atoms with Crippen LogP contribution < -0.4 is 0 Å². The molecule has 0 radical (unpaired) electrons. The highest BCUT2D eigenvalue weighted by molar-refractivity contribution is 6.29. The highest BCUT2D eigenvalue weighted by Crippen LogP contribution is 2.44. The molecule has 2 heterocycles. The molecule has 13 aromatic rings. The minimum absolute atomic E-state index is 0.918. The molecule has 11 aromatic carbocycles. The van der Waals surface area contributed by atoms with Gasteiger partial charge in [-0.3, -0.25) is 0 Å². The molecule has 0 amide bonds. The Kier molecular flexibility index (Phi) is 9.43. The number of aromatic nitrogens is 2. The molecule has 0 saturated heterocycles. The normalized spacial score (nSPS) is 11.6. The standard InChI is InChI=1S/C66H44N2/c1-43-21-23-49(24-22-43)52-33-35-57-55-19-11-12-20-56(55)60-42-66-62(41-59(60)58(57)37-52)61-38-53(46-17-9-4-10-18-46)34-36-65(61)68(66)54-39-63(50-29-25-47(26-30-50)44-13-5-2-6-14-44)67-64(40-54)51-31-27-48(28-32-51)45-15-7-3-8-16-45/h2-42H,1H3. The van der Waals surface area contributed by atoms with E-state index in [9.17, 15) is 0 Å². The van der Waals surface area contributed by atoms with Crippen molar-refractivity contribution in [3.63, 3.8) is 0 Å². The molecule has 0 aliphatic rings. The molecule has 0 bridgehead atoms. The Bertz CT molecular complexity index is 3920. The van der Waals surface area contributed by atoms with Crippen LogP contribution in [0.1, 0.15) is 5.56 Å². The Morgan fingerprint density at radius 2 is 0.618 bits per heavy atom. The average Bonchev–Trinajstić information content (AvgIpc) is 3.74. The fourth-order valence-electron chi connectivity index (χ4n) is 10.3. The highest BCUT2D eigenvalue weighted by atomic mass is 15.0. The third kappa shape index (κ3) is 6.85. The van der Waals surface area contributed by atoms with E-state index in [4.69, 9.17) is 4.98 Å². The summed E-state index contributed by atoms with van der Waals surface area (Å²) in [6.45, 7) is 2.15. The maximum atomic E-state index is 5.45. The number of fused-ring (bicyclic) bond motifs is 9. The third-order valence-corrected chi connectivity index (χ3v) is 13.9. The SMILES string of the molecule is Cc1ccc(-c2ccc3c4ccccc4c4cc5c(cc4c3c2)c2cc(-c3ccccc3)ccc2n5-c2cc(-c3ccc(-c4ccccc4)cc3)nc(-c3ccc(-c4ccccc4)cc3)c2)cc1. The van der Waals surface area contributed by atoms with E-state index in [-0.39, 0.29) is 0 Å². The van der Waals surface area contributed by atoms with Crippen molar-refractivity contribution in [3.05, 3.63) is 254 Å². The molecule has 0 fully saturated rings. The van der Waals surface area contributed by atoms with Gasteiger partial charge in [-0.25, -0.2) is 4.98 Å². The molecule has 0 atom stereocenters. The van der Waals surface area contributed by atoms with Crippen LogP contribution in [0.2, 0.25) is 0 Å². The number of hydrogen-bond donors (Lipinski definition) is 0. The quantitative estimate of drug-likeness (QED) is 0.146. The highest BCUT2D eigenvalue weighted by Gasteiger charge is 2.20. The molecule has 0 spiro atoms. The van der Waals surface area contributed by atoms with E-state index >= 15 is 0 Å². The number of benzene rings is 11. The topological polar surface area (TPSA) is 17.8 Å². The fraction of sp³-hybridized carbons (Fsp3) is 0.0152. The predicted molar refractivity (Wildman–Crippen MR) is 288 cm³/mol. The van der Waals surface area contributed by atoms with E-state index in [1.807, 2.05) is 0 Å². The van der Waals surface area contributed by atoms with Crippen LogP contribution in [0.25, 0.3) is 127 Å². The van der Waals surface area contributed by atoms with Crippen LogP contribution in [0.3, 0.4) is 0 Å². The van der Waals surface area contributed by atoms with Crippen LogP contribution >= 0.6 is 0 Å². The monoisotopic (exact) mass is 864 g/mol. The zero-order valence-corrected chi connectivity index (χ0v) is 37.6. The van der Waals surface area contributed by atoms with Crippen molar-refractivity contribution in [1.82, 2.24) is 9.55 Å². The number of nitrogens with zero attached hydrogens (tertiary/aromatic N) is 2. The molecule has 318 valence electrons. The molecule has 0 N–H and O–H groups in total. The van der Waals surface area contributed by atoms with Crippen molar-refractivity contribution in [2.45, 2.75) is 6.92 Å². The van der Waals surface area contributed by atoms with Crippen molar-refractivity contribution in [1.29, 1.82) is 0 Å². The fourth-order valence-corrected chi connectivity index (χ4v) is 10.3. The van der Waals surface area contributed by atoms with Gasteiger partial charge in [0, 0.05) is 21.9 Å². The Balaban J connectivity index is 1.09. The van der Waals surface area contributed by atoms with E-state index in [2.05, 4.69) is 260 Å². The van der Waals surface area contributed by atoms with Gasteiger partial charge in [0.25, 0.3) is 0 Å². The minimum Gasteiger partial charge on any atom is -0.309 e. The summed E-state index contributed by atoms with van der Waals surface area (Å²) in [5, 5.41) is 9.91. The summed E-state index contributed by atoms with van der Waals surface area (Å²) in [7, 11) is 0. The Hall–Kier alpha value is -8.85. The molecule has 2 nitrogen and oxygen atoms in total. The summed E-state index contributed by atoms with van der Waals surface area (Å²) in [5.41, 5.74) is 18.1. The lowest BCUT2D eigenvalue weighted by atomic mass is 9.91. The lowest BCUT2D eigenvalue weighted by Gasteiger charge is -2.15. The molecule has 68 heavy (non-hydrogen) atoms. The van der Waals surface area contributed by atoms with Crippen LogP contribution in [0.5, 0.6) is 0 Å². The summed E-state index contributed by atoms with van der Waals surface area (Å²) >= 11 is 0. The second-order valence-electron chi connectivity index (χ2n) is 18.0. The van der Waals surface area contributed by atoms with E-state index < -0.39 is 0 Å². The second-order valence-corrected chi connectivity index (χ2v) is 18.0. The van der Waals surface area contributed by atoms with Gasteiger partial charge >= 0.3 is 0 Å². The van der Waals surface area contributed by atoms with Gasteiger partial charge in [-0.15, -0.1) is 0 Å². The maximum Gasteiger partial charge on any atom is 0.0730 e. The third-order valence-electron chi connectivity index (χ3n) is 13.9. The number of hydrogen-bond acceptors (Lipinski definition) is 1. The van der Waals surface area contributed by atoms with E-state index in [1.165, 1.54) is 93.2 Å². The van der Waals surface area contributed by atoms with E-state index in [0.717, 1.165) is 39.2 Å². The first-order valence-corrected chi connectivity index (χ1v) is 23.4. The van der Waals surface area contributed by atoms with Gasteiger partial charge in [0.15, 0.2) is 0 Å². The number of rotatable bonds is 7. The van der Waals surface area contributed by atoms with Crippen molar-refractivity contribution < 1.29 is 0 Å². The molecular weight excluding hydrogens is 821 g/mol. The molecule has 0 aliphatic carbocycles. The molecular formula is C66H44N2. The molecule has 2 heteroatoms. The molecule has 2 aromatic heterocycles. The van der Waals surface area contributed by atoms with Crippen LogP contribution in [0, 0.1) is 6.92 Å². The van der Waals surface area contributed by atoms with Crippen molar-refractivity contribution in [2.24, 2.45) is 0 Å². The summed E-state index contributed by atoms with van der Waals surface area (Å²) in [4.78, 5) is 5.45. The lowest BCUT2D eigenvalue weighted by Crippen LogP contribution is -1.98. The Morgan fingerprint density at radius 3 is 1.19 bits per heavy atom. The van der Waals surface area contributed by atoms with Crippen molar-refractivity contribution >= 4 is 54.1 Å². The van der Waals surface area contributed by atoms with Gasteiger partial charge in [-0.05, 0) is 126 Å². The van der Waals surface area contributed by atoms with Crippen molar-refractivity contribution in [3.8, 4) is 72.7 Å². The van der Waals surface area contributed by atoms with E-state index in [0.29, 0.717) is 0 Å². The van der Waals surface area contributed by atoms with Gasteiger partial charge in [0.05, 0.1) is 28.1 Å². The first-order valence-electron chi connectivity index (χ1n) is 23.4. The zero-order valence-electron chi connectivity index (χ0n) is 37.6. The molecule has 0 unspecified atom stereocenters. The number of aryl methyl sites for hydroxylation is 1. The first kappa shape index (κ1) is 39.5. The second kappa shape index (κ2) is 16.2. The van der Waals surface area contributed by atoms with Gasteiger partial charge in [-0.1, -0.05) is 212 Å². The summed E-state index contributed by atoms with van der Waals surface area (Å²) < 4.78 is 2.48.